The van der Waals surface area contributed by atoms with E-state index >= 15 is 0 Å². The Morgan fingerprint density at radius 3 is 2.50 bits per heavy atom. The summed E-state index contributed by atoms with van der Waals surface area (Å²) in [6, 6.07) is 2.51. The SMILES string of the molecule is CCCCCCCOc1ccc(C=O)c(F)c1F. The van der Waals surface area contributed by atoms with Gasteiger partial charge in [-0.2, -0.15) is 4.39 Å². The van der Waals surface area contributed by atoms with E-state index < -0.39 is 11.6 Å². The second kappa shape index (κ2) is 7.80. The first-order valence-electron chi connectivity index (χ1n) is 6.26. The van der Waals surface area contributed by atoms with Crippen LogP contribution in [-0.4, -0.2) is 12.9 Å². The van der Waals surface area contributed by atoms with E-state index in [0.29, 0.717) is 6.61 Å². The molecule has 0 N–H and O–H groups in total. The van der Waals surface area contributed by atoms with E-state index in [1.165, 1.54) is 18.6 Å². The fraction of sp³-hybridized carbons (Fsp3) is 0.500. The average Bonchev–Trinajstić information content (AvgIpc) is 2.38. The minimum absolute atomic E-state index is 0.131. The third-order valence-electron chi connectivity index (χ3n) is 2.71. The zero-order valence-electron chi connectivity index (χ0n) is 10.5. The molecule has 1 rings (SSSR count). The molecule has 100 valence electrons. The molecule has 0 aliphatic carbocycles. The highest BCUT2D eigenvalue weighted by Crippen LogP contribution is 2.22. The van der Waals surface area contributed by atoms with Gasteiger partial charge < -0.3 is 4.74 Å². The van der Waals surface area contributed by atoms with Gasteiger partial charge in [0.2, 0.25) is 5.82 Å². The number of carbonyl (C=O) groups is 1. The minimum atomic E-state index is -1.14. The summed E-state index contributed by atoms with van der Waals surface area (Å²) in [7, 11) is 0. The first kappa shape index (κ1) is 14.6. The summed E-state index contributed by atoms with van der Waals surface area (Å²) < 4.78 is 31.8. The van der Waals surface area contributed by atoms with Gasteiger partial charge in [0.25, 0.3) is 0 Å². The normalized spacial score (nSPS) is 10.4. The third-order valence-corrected chi connectivity index (χ3v) is 2.71. The molecular formula is C14H18F2O2. The zero-order valence-corrected chi connectivity index (χ0v) is 10.5. The highest BCUT2D eigenvalue weighted by atomic mass is 19.2. The number of carbonyl (C=O) groups excluding carboxylic acids is 1. The molecule has 0 radical (unpaired) electrons. The maximum absolute atomic E-state index is 13.4. The van der Waals surface area contributed by atoms with Crippen LogP contribution in [-0.2, 0) is 0 Å². The Morgan fingerprint density at radius 1 is 1.11 bits per heavy atom. The third kappa shape index (κ3) is 4.09. The lowest BCUT2D eigenvalue weighted by atomic mass is 10.2. The van der Waals surface area contributed by atoms with Gasteiger partial charge >= 0.3 is 0 Å². The fourth-order valence-electron chi connectivity index (χ4n) is 1.64. The Balaban J connectivity index is 2.43. The minimum Gasteiger partial charge on any atom is -0.490 e. The first-order chi connectivity index (χ1) is 8.70. The van der Waals surface area contributed by atoms with Crippen molar-refractivity contribution in [3.8, 4) is 5.75 Å². The van der Waals surface area contributed by atoms with Crippen molar-refractivity contribution in [3.05, 3.63) is 29.3 Å². The van der Waals surface area contributed by atoms with Crippen molar-refractivity contribution in [2.24, 2.45) is 0 Å². The summed E-state index contributed by atoms with van der Waals surface area (Å²) in [4.78, 5) is 10.4. The Kier molecular flexibility index (Phi) is 6.33. The van der Waals surface area contributed by atoms with E-state index in [0.717, 1.165) is 25.7 Å². The molecule has 0 atom stereocenters. The van der Waals surface area contributed by atoms with Crippen LogP contribution in [0.25, 0.3) is 0 Å². The van der Waals surface area contributed by atoms with Crippen LogP contribution in [0.2, 0.25) is 0 Å². The van der Waals surface area contributed by atoms with Gasteiger partial charge in [-0.1, -0.05) is 32.6 Å². The molecule has 1 aromatic carbocycles. The lowest BCUT2D eigenvalue weighted by Crippen LogP contribution is -2.02. The van der Waals surface area contributed by atoms with Gasteiger partial charge in [0, 0.05) is 0 Å². The van der Waals surface area contributed by atoms with Gasteiger partial charge in [-0.05, 0) is 18.6 Å². The van der Waals surface area contributed by atoms with Crippen LogP contribution in [0.4, 0.5) is 8.78 Å². The smallest absolute Gasteiger partial charge is 0.201 e. The molecular weight excluding hydrogens is 238 g/mol. The second-order valence-electron chi connectivity index (χ2n) is 4.16. The van der Waals surface area contributed by atoms with Gasteiger partial charge in [-0.25, -0.2) is 4.39 Å². The average molecular weight is 256 g/mol. The summed E-state index contributed by atoms with van der Waals surface area (Å²) in [5.41, 5.74) is -0.289. The van der Waals surface area contributed by atoms with Crippen LogP contribution in [0, 0.1) is 11.6 Å². The Hall–Kier alpha value is -1.45. The van der Waals surface area contributed by atoms with Crippen molar-refractivity contribution in [2.75, 3.05) is 6.61 Å². The summed E-state index contributed by atoms with van der Waals surface area (Å²) >= 11 is 0. The Labute approximate surface area is 106 Å². The first-order valence-corrected chi connectivity index (χ1v) is 6.26. The quantitative estimate of drug-likeness (QED) is 0.516. The Bertz CT molecular complexity index is 392. The molecule has 0 unspecified atom stereocenters. The summed E-state index contributed by atoms with van der Waals surface area (Å²) in [5.74, 6) is -2.37. The maximum atomic E-state index is 13.4. The van der Waals surface area contributed by atoms with E-state index in [1.807, 2.05) is 0 Å². The molecule has 18 heavy (non-hydrogen) atoms. The second-order valence-corrected chi connectivity index (χ2v) is 4.16. The highest BCUT2D eigenvalue weighted by Gasteiger charge is 2.13. The number of hydrogen-bond acceptors (Lipinski definition) is 2. The number of hydrogen-bond donors (Lipinski definition) is 0. The number of benzene rings is 1. The lowest BCUT2D eigenvalue weighted by molar-refractivity contribution is 0.111. The molecule has 0 amide bonds. The number of aldehydes is 1. The molecule has 0 spiro atoms. The summed E-state index contributed by atoms with van der Waals surface area (Å²) in [6.45, 7) is 2.49. The monoisotopic (exact) mass is 256 g/mol. The zero-order chi connectivity index (χ0) is 13.4. The molecule has 0 bridgehead atoms. The molecule has 2 nitrogen and oxygen atoms in total. The van der Waals surface area contributed by atoms with Crippen LogP contribution < -0.4 is 4.74 Å². The van der Waals surface area contributed by atoms with Crippen molar-refractivity contribution in [1.29, 1.82) is 0 Å². The maximum Gasteiger partial charge on any atom is 0.201 e. The summed E-state index contributed by atoms with van der Waals surface area (Å²) in [6.07, 6.45) is 5.58. The van der Waals surface area contributed by atoms with Gasteiger partial charge in [-0.3, -0.25) is 4.79 Å². The van der Waals surface area contributed by atoms with E-state index in [-0.39, 0.29) is 17.6 Å². The standard InChI is InChI=1S/C14H18F2O2/c1-2-3-4-5-6-9-18-12-8-7-11(10-17)13(15)14(12)16/h7-8,10H,2-6,9H2,1H3. The van der Waals surface area contributed by atoms with Crippen molar-refractivity contribution >= 4 is 6.29 Å². The van der Waals surface area contributed by atoms with Gasteiger partial charge in [0.15, 0.2) is 17.9 Å². The molecule has 0 aliphatic rings. The number of ether oxygens (including phenoxy) is 1. The van der Waals surface area contributed by atoms with Crippen LogP contribution in [0.5, 0.6) is 5.75 Å². The molecule has 0 aromatic heterocycles. The van der Waals surface area contributed by atoms with Gasteiger partial charge in [-0.15, -0.1) is 0 Å². The molecule has 0 fully saturated rings. The molecule has 0 saturated carbocycles. The Morgan fingerprint density at radius 2 is 1.83 bits per heavy atom. The van der Waals surface area contributed by atoms with E-state index in [2.05, 4.69) is 6.92 Å². The van der Waals surface area contributed by atoms with Crippen molar-refractivity contribution < 1.29 is 18.3 Å². The van der Waals surface area contributed by atoms with Crippen LogP contribution in [0.3, 0.4) is 0 Å². The van der Waals surface area contributed by atoms with Crippen LogP contribution in [0.1, 0.15) is 49.4 Å². The van der Waals surface area contributed by atoms with Crippen molar-refractivity contribution in [2.45, 2.75) is 39.0 Å². The number of halogens is 2. The summed E-state index contributed by atoms with van der Waals surface area (Å²) in [5, 5.41) is 0. The highest BCUT2D eigenvalue weighted by molar-refractivity contribution is 5.75. The number of unbranched alkanes of at least 4 members (excludes halogenated alkanes) is 4. The molecule has 4 heteroatoms. The molecule has 0 saturated heterocycles. The number of rotatable bonds is 8. The van der Waals surface area contributed by atoms with E-state index in [4.69, 9.17) is 4.74 Å². The topological polar surface area (TPSA) is 26.3 Å². The molecule has 1 aromatic rings. The van der Waals surface area contributed by atoms with Gasteiger partial charge in [0.05, 0.1) is 12.2 Å². The molecule has 0 heterocycles. The van der Waals surface area contributed by atoms with Gasteiger partial charge in [0.1, 0.15) is 0 Å². The van der Waals surface area contributed by atoms with Crippen LogP contribution in [0.15, 0.2) is 12.1 Å². The van der Waals surface area contributed by atoms with E-state index in [1.54, 1.807) is 0 Å². The molecule has 0 aliphatic heterocycles. The van der Waals surface area contributed by atoms with Crippen LogP contribution >= 0.6 is 0 Å². The predicted octanol–water partition coefficient (Wildman–Crippen LogP) is 4.13. The lowest BCUT2D eigenvalue weighted by Gasteiger charge is -2.08. The van der Waals surface area contributed by atoms with Crippen molar-refractivity contribution in [1.82, 2.24) is 0 Å². The van der Waals surface area contributed by atoms with E-state index in [9.17, 15) is 13.6 Å². The van der Waals surface area contributed by atoms with Crippen molar-refractivity contribution in [3.63, 3.8) is 0 Å². The predicted molar refractivity (Wildman–Crippen MR) is 66.0 cm³/mol. The fourth-order valence-corrected chi connectivity index (χ4v) is 1.64. The largest absolute Gasteiger partial charge is 0.490 e.